The number of rotatable bonds is 21. The lowest BCUT2D eigenvalue weighted by atomic mass is 9.98. The lowest BCUT2D eigenvalue weighted by Gasteiger charge is -2.20. The van der Waals surface area contributed by atoms with Gasteiger partial charge in [-0.05, 0) is 54.9 Å². The van der Waals surface area contributed by atoms with Crippen LogP contribution in [0, 0.1) is 41.7 Å². The molecule has 0 N–H and O–H groups in total. The molecule has 2 unspecified atom stereocenters. The highest BCUT2D eigenvalue weighted by Gasteiger charge is 2.18. The van der Waals surface area contributed by atoms with Gasteiger partial charge in [0.25, 0.3) is 11.4 Å². The maximum absolute atomic E-state index is 11.8. The topological polar surface area (TPSA) is 208 Å². The summed E-state index contributed by atoms with van der Waals surface area (Å²) in [5, 5.41) is 18.1. The molecule has 0 aliphatic heterocycles. The molecule has 0 aliphatic carbocycles. The minimum absolute atomic E-state index is 0.00108. The van der Waals surface area contributed by atoms with Gasteiger partial charge in [0.05, 0.1) is 64.0 Å². The van der Waals surface area contributed by atoms with Crippen molar-refractivity contribution in [1.82, 2.24) is 0 Å². The van der Waals surface area contributed by atoms with Gasteiger partial charge in [0, 0.05) is 29.4 Å². The number of nitrogens with zero attached hydrogens (tertiary/aromatic N) is 4. The fourth-order valence-electron chi connectivity index (χ4n) is 5.26. The van der Waals surface area contributed by atoms with Gasteiger partial charge in [0.1, 0.15) is 24.7 Å². The Hall–Kier alpha value is -5.30. The van der Waals surface area contributed by atoms with Crippen LogP contribution >= 0.6 is 0 Å². The molecule has 0 aromatic heterocycles. The van der Waals surface area contributed by atoms with Crippen LogP contribution in [0.5, 0.6) is 11.5 Å². The third kappa shape index (κ3) is 14.7. The van der Waals surface area contributed by atoms with Gasteiger partial charge in [-0.15, -0.1) is 0 Å². The first-order chi connectivity index (χ1) is 25.4. The minimum atomic E-state index is -4.60. The maximum Gasteiger partial charge on any atom is 0.272 e. The Morgan fingerprint density at radius 1 is 0.679 bits per heavy atom. The summed E-state index contributed by atoms with van der Waals surface area (Å²) in [6.45, 7) is 14.7. The molecule has 0 saturated carbocycles. The van der Waals surface area contributed by atoms with E-state index in [1.54, 1.807) is 42.5 Å². The molecule has 0 fully saturated rings. The normalized spacial score (nSPS) is 13.6. The summed E-state index contributed by atoms with van der Waals surface area (Å²) >= 11 is 0. The number of hydrogen-bond donors (Lipinski definition) is 0. The van der Waals surface area contributed by atoms with Crippen LogP contribution in [0.1, 0.15) is 24.0 Å². The Balaban J connectivity index is 1.67. The highest BCUT2D eigenvalue weighted by molar-refractivity contribution is 7.86. The van der Waals surface area contributed by atoms with E-state index >= 15 is 0 Å². The summed E-state index contributed by atoms with van der Waals surface area (Å²) in [5.41, 5.74) is 0.851. The highest BCUT2D eigenvalue weighted by atomic mass is 32.2. The molecule has 3 rings (SSSR count). The Labute approximate surface area is 309 Å². The minimum Gasteiger partial charge on any atom is -0.748 e. The van der Waals surface area contributed by atoms with E-state index in [0.717, 1.165) is 5.56 Å². The molecule has 0 spiro atoms. The molecule has 0 amide bonds. The van der Waals surface area contributed by atoms with Crippen LogP contribution < -0.4 is 19.9 Å². The Morgan fingerprint density at radius 3 is 1.55 bits per heavy atom. The third-order valence-electron chi connectivity index (χ3n) is 7.77. The van der Waals surface area contributed by atoms with Gasteiger partial charge in [-0.3, -0.25) is 0 Å². The molecule has 2 atom stereocenters. The first-order valence-electron chi connectivity index (χ1n) is 16.2. The van der Waals surface area contributed by atoms with Gasteiger partial charge in [-0.1, -0.05) is 60.7 Å². The van der Waals surface area contributed by atoms with Crippen LogP contribution in [0.3, 0.4) is 0 Å². The Kier molecular flexibility index (Phi) is 16.9. The fourth-order valence-corrected chi connectivity index (χ4v) is 6.90. The van der Waals surface area contributed by atoms with Crippen LogP contribution in [0.25, 0.3) is 21.1 Å². The Bertz CT molecular complexity index is 2160. The second-order valence-corrected chi connectivity index (χ2v) is 14.7. The van der Waals surface area contributed by atoms with Crippen LogP contribution in [-0.2, 0) is 42.6 Å². The summed E-state index contributed by atoms with van der Waals surface area (Å²) < 4.78 is 92.6. The molecule has 3 aromatic rings. The van der Waals surface area contributed by atoms with E-state index in [2.05, 4.69) is 9.69 Å². The zero-order valence-electron chi connectivity index (χ0n) is 28.5. The van der Waals surface area contributed by atoms with Crippen molar-refractivity contribution in [2.24, 2.45) is 5.92 Å². The van der Waals surface area contributed by atoms with Crippen molar-refractivity contribution in [3.05, 3.63) is 117 Å². The van der Waals surface area contributed by atoms with Crippen molar-refractivity contribution >= 4 is 31.6 Å². The molecule has 14 nitrogen and oxygen atoms in total. The molecule has 3 aromatic carbocycles. The maximum atomic E-state index is 11.8. The van der Waals surface area contributed by atoms with E-state index in [1.807, 2.05) is 30.3 Å². The average Bonchev–Trinajstić information content (AvgIpc) is 3.12. The molecule has 16 heteroatoms. The van der Waals surface area contributed by atoms with Gasteiger partial charge < -0.3 is 28.1 Å². The standard InChI is InChI=1S/C37H38N4O10S2/c1-40-34(25-38)32-24-37(51-20-18-49-16-14-31(53(45,46)47)22-29-11-7-4-8-12-29)33(35(26-39)41-2)23-36(32)50-19-17-48-15-13-30(27-52(42,43)44)21-28-9-5-3-6-10-28/h3-12,23-24,30-31H,13-22,27H2,(H,42,43,44)(H,45,46,47)/p-2/b34-32+,35-33-. The molecule has 0 saturated heterocycles. The molecular formula is C37H36N4O10S2-2. The molecule has 0 radical (unpaired) electrons. The summed E-state index contributed by atoms with van der Waals surface area (Å²) in [7, 11) is -9.07. The molecule has 278 valence electrons. The lowest BCUT2D eigenvalue weighted by Crippen LogP contribution is -2.26. The zero-order valence-corrected chi connectivity index (χ0v) is 30.2. The smallest absolute Gasteiger partial charge is 0.272 e. The van der Waals surface area contributed by atoms with Crippen LogP contribution in [-0.4, -0.2) is 76.6 Å². The van der Waals surface area contributed by atoms with Gasteiger partial charge in [0.2, 0.25) is 0 Å². The van der Waals surface area contributed by atoms with Crippen molar-refractivity contribution in [1.29, 1.82) is 10.5 Å². The summed E-state index contributed by atoms with van der Waals surface area (Å²) in [5.74, 6) is -1.03. The van der Waals surface area contributed by atoms with Crippen molar-refractivity contribution < 1.29 is 44.9 Å². The van der Waals surface area contributed by atoms with Crippen molar-refractivity contribution in [3.8, 4) is 23.6 Å². The third-order valence-corrected chi connectivity index (χ3v) is 9.87. The summed E-state index contributed by atoms with van der Waals surface area (Å²) in [6, 6.07) is 24.0. The number of benzene rings is 3. The zero-order chi connectivity index (χ0) is 38.7. The van der Waals surface area contributed by atoms with Crippen molar-refractivity contribution in [3.63, 3.8) is 0 Å². The summed E-state index contributed by atoms with van der Waals surface area (Å²) in [6.07, 6.45) is 0.629. The van der Waals surface area contributed by atoms with E-state index in [1.165, 1.54) is 12.1 Å². The van der Waals surface area contributed by atoms with E-state index in [4.69, 9.17) is 32.1 Å². The first-order valence-corrected chi connectivity index (χ1v) is 19.3. The molecule has 0 aliphatic rings. The lowest BCUT2D eigenvalue weighted by molar-refractivity contribution is 0.0908. The number of ether oxygens (including phenoxy) is 4. The quantitative estimate of drug-likeness (QED) is 0.0873. The molecule has 53 heavy (non-hydrogen) atoms. The predicted molar refractivity (Wildman–Crippen MR) is 191 cm³/mol. The SMILES string of the molecule is [C-]#[N+]/C(C#N)=c1/cc(OCCOCCC(Cc2ccccc2)CS(=O)(=O)[O-])/c(=C(\C#N)[N+]#[C-])cc1OCCOCCC(Cc1ccccc1)S(=O)(=O)[O-]. The van der Waals surface area contributed by atoms with Crippen LogP contribution in [0.15, 0.2) is 72.8 Å². The van der Waals surface area contributed by atoms with Gasteiger partial charge in [-0.25, -0.2) is 37.0 Å². The van der Waals surface area contributed by atoms with Crippen molar-refractivity contribution in [2.45, 2.75) is 30.9 Å². The fraction of sp³-hybridized carbons (Fsp3) is 0.351. The first kappa shape index (κ1) is 42.1. The van der Waals surface area contributed by atoms with E-state index in [0.29, 0.717) is 12.0 Å². The van der Waals surface area contributed by atoms with E-state index in [-0.39, 0.29) is 92.2 Å². The van der Waals surface area contributed by atoms with Gasteiger partial charge in [0.15, 0.2) is 0 Å². The van der Waals surface area contributed by atoms with Crippen LogP contribution in [0.2, 0.25) is 0 Å². The van der Waals surface area contributed by atoms with Crippen molar-refractivity contribution in [2.75, 3.05) is 45.4 Å². The number of nitriles is 2. The number of hydrogen-bond acceptors (Lipinski definition) is 12. The molecular weight excluding hydrogens is 725 g/mol. The second kappa shape index (κ2) is 21.3. The molecule has 0 heterocycles. The van der Waals surface area contributed by atoms with Crippen LogP contribution in [0.4, 0.5) is 0 Å². The Morgan fingerprint density at radius 2 is 1.13 bits per heavy atom. The van der Waals surface area contributed by atoms with E-state index in [9.17, 15) is 36.5 Å². The summed E-state index contributed by atoms with van der Waals surface area (Å²) in [4.78, 5) is 6.50. The second-order valence-electron chi connectivity index (χ2n) is 11.6. The largest absolute Gasteiger partial charge is 0.748 e. The van der Waals surface area contributed by atoms with Gasteiger partial charge in [-0.2, -0.15) is 0 Å². The monoisotopic (exact) mass is 760 g/mol. The van der Waals surface area contributed by atoms with E-state index < -0.39 is 37.2 Å². The average molecular weight is 761 g/mol. The predicted octanol–water partition coefficient (Wildman–Crippen LogP) is 2.92. The van der Waals surface area contributed by atoms with Gasteiger partial charge >= 0.3 is 0 Å². The molecule has 0 bridgehead atoms. The highest BCUT2D eigenvalue weighted by Crippen LogP contribution is 2.17.